The third-order valence-corrected chi connectivity index (χ3v) is 2.26. The van der Waals surface area contributed by atoms with Gasteiger partial charge in [0, 0.05) is 19.2 Å². The molecule has 0 aliphatic carbocycles. The smallest absolute Gasteiger partial charge is 0.311 e. The Kier molecular flexibility index (Phi) is 5.49. The normalized spacial score (nSPS) is 9.74. The summed E-state index contributed by atoms with van der Waals surface area (Å²) < 4.78 is 5.13. The average Bonchev–Trinajstić information content (AvgIpc) is 2.42. The SMILES string of the molecule is C=CCNC(=O)COc1ccc(CN)cc1[N+](=O)[O-]. The summed E-state index contributed by atoms with van der Waals surface area (Å²) >= 11 is 0. The van der Waals surface area contributed by atoms with Crippen molar-refractivity contribution in [1.29, 1.82) is 0 Å². The first-order chi connectivity index (χ1) is 9.08. The van der Waals surface area contributed by atoms with Gasteiger partial charge in [0.15, 0.2) is 12.4 Å². The van der Waals surface area contributed by atoms with Gasteiger partial charge in [0.1, 0.15) is 0 Å². The van der Waals surface area contributed by atoms with Crippen LogP contribution in [-0.4, -0.2) is 24.0 Å². The van der Waals surface area contributed by atoms with Gasteiger partial charge in [-0.3, -0.25) is 14.9 Å². The Morgan fingerprint density at radius 3 is 2.89 bits per heavy atom. The van der Waals surface area contributed by atoms with Crippen molar-refractivity contribution in [2.75, 3.05) is 13.2 Å². The van der Waals surface area contributed by atoms with Crippen LogP contribution in [0, 0.1) is 10.1 Å². The quantitative estimate of drug-likeness (QED) is 0.429. The molecule has 0 spiro atoms. The van der Waals surface area contributed by atoms with Crippen molar-refractivity contribution in [3.8, 4) is 5.75 Å². The largest absolute Gasteiger partial charge is 0.477 e. The first-order valence-electron chi connectivity index (χ1n) is 5.56. The van der Waals surface area contributed by atoms with Crippen molar-refractivity contribution < 1.29 is 14.5 Å². The molecular formula is C12H15N3O4. The number of amides is 1. The standard InChI is InChI=1S/C12H15N3O4/c1-2-5-14-12(16)8-19-11-4-3-9(7-13)6-10(11)15(17)18/h2-4,6H,1,5,7-8,13H2,(H,14,16). The molecule has 0 saturated heterocycles. The van der Waals surface area contributed by atoms with E-state index in [1.54, 1.807) is 6.07 Å². The molecule has 102 valence electrons. The van der Waals surface area contributed by atoms with Crippen molar-refractivity contribution in [3.63, 3.8) is 0 Å². The minimum absolute atomic E-state index is 0.0379. The molecule has 0 fully saturated rings. The number of rotatable bonds is 7. The Balaban J connectivity index is 2.74. The molecule has 0 saturated carbocycles. The first-order valence-corrected chi connectivity index (χ1v) is 5.56. The van der Waals surface area contributed by atoms with Gasteiger partial charge >= 0.3 is 5.69 Å². The molecule has 0 aliphatic rings. The summed E-state index contributed by atoms with van der Waals surface area (Å²) in [6.45, 7) is 3.67. The molecule has 0 radical (unpaired) electrons. The van der Waals surface area contributed by atoms with Gasteiger partial charge in [-0.25, -0.2) is 0 Å². The van der Waals surface area contributed by atoms with Gasteiger partial charge in [-0.15, -0.1) is 6.58 Å². The van der Waals surface area contributed by atoms with E-state index in [-0.39, 0.29) is 30.5 Å². The zero-order valence-corrected chi connectivity index (χ0v) is 10.3. The third-order valence-electron chi connectivity index (χ3n) is 2.26. The number of nitrogens with two attached hydrogens (primary N) is 1. The summed E-state index contributed by atoms with van der Waals surface area (Å²) in [4.78, 5) is 21.6. The third kappa shape index (κ3) is 4.40. The molecule has 0 aromatic heterocycles. The number of carbonyl (C=O) groups is 1. The minimum Gasteiger partial charge on any atom is -0.477 e. The van der Waals surface area contributed by atoms with Gasteiger partial charge in [-0.2, -0.15) is 0 Å². The second-order valence-corrected chi connectivity index (χ2v) is 3.64. The molecule has 3 N–H and O–H groups in total. The van der Waals surface area contributed by atoms with Crippen LogP contribution in [-0.2, 0) is 11.3 Å². The molecular weight excluding hydrogens is 250 g/mol. The Bertz CT molecular complexity index is 488. The summed E-state index contributed by atoms with van der Waals surface area (Å²) in [6.07, 6.45) is 1.52. The predicted octanol–water partition coefficient (Wildman–Crippen LogP) is 0.734. The lowest BCUT2D eigenvalue weighted by atomic mass is 10.2. The second-order valence-electron chi connectivity index (χ2n) is 3.64. The maximum absolute atomic E-state index is 11.3. The van der Waals surface area contributed by atoms with Gasteiger partial charge < -0.3 is 15.8 Å². The van der Waals surface area contributed by atoms with Crippen molar-refractivity contribution in [2.24, 2.45) is 5.73 Å². The molecule has 0 unspecified atom stereocenters. The highest BCUT2D eigenvalue weighted by molar-refractivity contribution is 5.77. The van der Waals surface area contributed by atoms with E-state index >= 15 is 0 Å². The summed E-state index contributed by atoms with van der Waals surface area (Å²) in [7, 11) is 0. The lowest BCUT2D eigenvalue weighted by molar-refractivity contribution is -0.385. The molecule has 0 bridgehead atoms. The summed E-state index contributed by atoms with van der Waals surface area (Å²) in [5, 5.41) is 13.4. The highest BCUT2D eigenvalue weighted by Crippen LogP contribution is 2.27. The molecule has 19 heavy (non-hydrogen) atoms. The summed E-state index contributed by atoms with van der Waals surface area (Å²) in [5.74, 6) is -0.340. The minimum atomic E-state index is -0.573. The molecule has 7 nitrogen and oxygen atoms in total. The van der Waals surface area contributed by atoms with E-state index in [2.05, 4.69) is 11.9 Å². The number of nitrogens with one attached hydrogen (secondary N) is 1. The predicted molar refractivity (Wildman–Crippen MR) is 69.7 cm³/mol. The van der Waals surface area contributed by atoms with Crippen LogP contribution < -0.4 is 15.8 Å². The topological polar surface area (TPSA) is 107 Å². The fourth-order valence-electron chi connectivity index (χ4n) is 1.33. The van der Waals surface area contributed by atoms with Crippen LogP contribution in [0.15, 0.2) is 30.9 Å². The zero-order chi connectivity index (χ0) is 14.3. The van der Waals surface area contributed by atoms with E-state index in [1.165, 1.54) is 18.2 Å². The van der Waals surface area contributed by atoms with E-state index in [0.29, 0.717) is 12.1 Å². The maximum Gasteiger partial charge on any atom is 0.311 e. The monoisotopic (exact) mass is 265 g/mol. The van der Waals surface area contributed by atoms with E-state index in [1.807, 2.05) is 0 Å². The number of ether oxygens (including phenoxy) is 1. The van der Waals surface area contributed by atoms with Crippen molar-refractivity contribution in [2.45, 2.75) is 6.54 Å². The van der Waals surface area contributed by atoms with Gasteiger partial charge in [0.25, 0.3) is 5.91 Å². The van der Waals surface area contributed by atoms with Crippen LogP contribution in [0.2, 0.25) is 0 Å². The molecule has 0 atom stereocenters. The number of hydrogen-bond donors (Lipinski definition) is 2. The van der Waals surface area contributed by atoms with Gasteiger partial charge in [-0.05, 0) is 11.6 Å². The number of carbonyl (C=O) groups excluding carboxylic acids is 1. The number of hydrogen-bond acceptors (Lipinski definition) is 5. The van der Waals surface area contributed by atoms with Crippen LogP contribution in [0.1, 0.15) is 5.56 Å². The second kappa shape index (κ2) is 7.12. The lowest BCUT2D eigenvalue weighted by Crippen LogP contribution is -2.28. The Morgan fingerprint density at radius 2 is 2.32 bits per heavy atom. The summed E-state index contributed by atoms with van der Waals surface area (Å²) in [6, 6.07) is 4.38. The molecule has 0 heterocycles. The average molecular weight is 265 g/mol. The number of nitro benzene ring substituents is 1. The fourth-order valence-corrected chi connectivity index (χ4v) is 1.33. The zero-order valence-electron chi connectivity index (χ0n) is 10.3. The van der Waals surface area contributed by atoms with E-state index in [9.17, 15) is 14.9 Å². The van der Waals surface area contributed by atoms with Crippen molar-refractivity contribution in [1.82, 2.24) is 5.32 Å². The van der Waals surface area contributed by atoms with Crippen LogP contribution >= 0.6 is 0 Å². The lowest BCUT2D eigenvalue weighted by Gasteiger charge is -2.07. The molecule has 1 rings (SSSR count). The Morgan fingerprint density at radius 1 is 1.58 bits per heavy atom. The molecule has 0 aliphatic heterocycles. The Hall–Kier alpha value is -2.41. The van der Waals surface area contributed by atoms with Gasteiger partial charge in [-0.1, -0.05) is 12.1 Å². The van der Waals surface area contributed by atoms with Crippen molar-refractivity contribution >= 4 is 11.6 Å². The maximum atomic E-state index is 11.3. The highest BCUT2D eigenvalue weighted by Gasteiger charge is 2.16. The van der Waals surface area contributed by atoms with Crippen LogP contribution in [0.4, 0.5) is 5.69 Å². The number of nitro groups is 1. The number of benzene rings is 1. The number of nitrogens with zero attached hydrogens (tertiary/aromatic N) is 1. The van der Waals surface area contributed by atoms with Crippen LogP contribution in [0.3, 0.4) is 0 Å². The Labute approximate surface area is 110 Å². The molecule has 1 aromatic carbocycles. The molecule has 1 aromatic rings. The van der Waals surface area contributed by atoms with E-state index in [4.69, 9.17) is 10.5 Å². The molecule has 1 amide bonds. The highest BCUT2D eigenvalue weighted by atomic mass is 16.6. The van der Waals surface area contributed by atoms with E-state index < -0.39 is 4.92 Å². The van der Waals surface area contributed by atoms with Gasteiger partial charge in [0.2, 0.25) is 0 Å². The van der Waals surface area contributed by atoms with Crippen LogP contribution in [0.25, 0.3) is 0 Å². The van der Waals surface area contributed by atoms with Crippen molar-refractivity contribution in [3.05, 3.63) is 46.5 Å². The van der Waals surface area contributed by atoms with Gasteiger partial charge in [0.05, 0.1) is 4.92 Å². The fraction of sp³-hybridized carbons (Fsp3) is 0.250. The molecule has 7 heteroatoms. The van der Waals surface area contributed by atoms with Crippen LogP contribution in [0.5, 0.6) is 5.75 Å². The first kappa shape index (κ1) is 14.7. The van der Waals surface area contributed by atoms with E-state index in [0.717, 1.165) is 0 Å². The summed E-state index contributed by atoms with van der Waals surface area (Å²) in [5.41, 5.74) is 5.82.